The highest BCUT2D eigenvalue weighted by atomic mass is 35.5. The van der Waals surface area contributed by atoms with Gasteiger partial charge in [0.25, 0.3) is 0 Å². The number of pyridine rings is 1. The maximum Gasteiger partial charge on any atom is 0.362 e. The Hall–Kier alpha value is -2.43. The number of imidazole rings is 1. The highest BCUT2D eigenvalue weighted by Gasteiger charge is 2.52. The van der Waals surface area contributed by atoms with Crippen molar-refractivity contribution in [3.05, 3.63) is 59.6 Å². The summed E-state index contributed by atoms with van der Waals surface area (Å²) < 4.78 is 60.3. The molecule has 4 heterocycles. The second kappa shape index (κ2) is 17.0. The van der Waals surface area contributed by atoms with Gasteiger partial charge in [0.05, 0.1) is 52.1 Å². The number of hydrogen-bond donors (Lipinski definition) is 0. The molecule has 0 bridgehead atoms. The van der Waals surface area contributed by atoms with E-state index >= 15 is 0 Å². The maximum atomic E-state index is 14.1. The monoisotopic (exact) mass is 885 g/mol. The highest BCUT2D eigenvalue weighted by Crippen LogP contribution is 2.53. The van der Waals surface area contributed by atoms with Crippen LogP contribution >= 0.6 is 19.2 Å². The Kier molecular flexibility index (Phi) is 13.3. The van der Waals surface area contributed by atoms with Crippen molar-refractivity contribution in [3.8, 4) is 28.4 Å². The molecule has 11 nitrogen and oxygen atoms in total. The minimum Gasteiger partial charge on any atom is -0.456 e. The summed E-state index contributed by atoms with van der Waals surface area (Å²) in [6, 6.07) is 18.8. The van der Waals surface area contributed by atoms with Gasteiger partial charge in [-0.3, -0.25) is 18.2 Å². The number of ether oxygens (including phenoxy) is 4. The third kappa shape index (κ3) is 11.2. The number of fused-ring (bicyclic) bond motifs is 2. The largest absolute Gasteiger partial charge is 0.456 e. The van der Waals surface area contributed by atoms with E-state index in [1.165, 1.54) is 0 Å². The molecule has 59 heavy (non-hydrogen) atoms. The van der Waals surface area contributed by atoms with Crippen molar-refractivity contribution in [2.45, 2.75) is 148 Å². The van der Waals surface area contributed by atoms with E-state index < -0.39 is 35.2 Å². The van der Waals surface area contributed by atoms with Gasteiger partial charge in [0.15, 0.2) is 20.1 Å². The lowest BCUT2D eigenvalue weighted by atomic mass is 10.0. The molecule has 0 radical (unpaired) electrons. The second-order valence-corrected chi connectivity index (χ2v) is 33.2. The summed E-state index contributed by atoms with van der Waals surface area (Å²) >= 11 is 7.01. The van der Waals surface area contributed by atoms with E-state index in [-0.39, 0.29) is 36.2 Å². The van der Waals surface area contributed by atoms with Crippen LogP contribution in [0.4, 0.5) is 0 Å². The minimum atomic E-state index is -3.61. The maximum absolute atomic E-state index is 14.1. The molecule has 4 aromatic rings. The summed E-state index contributed by atoms with van der Waals surface area (Å²) in [6.45, 7) is 31.1. The van der Waals surface area contributed by atoms with Gasteiger partial charge in [-0.1, -0.05) is 88.4 Å². The molecule has 6 rings (SSSR count). The van der Waals surface area contributed by atoms with E-state index in [9.17, 15) is 4.57 Å². The van der Waals surface area contributed by atoms with Crippen LogP contribution in [0.1, 0.15) is 62.3 Å². The highest BCUT2D eigenvalue weighted by molar-refractivity contribution is 7.62. The molecule has 4 atom stereocenters. The predicted molar refractivity (Wildman–Crippen MR) is 242 cm³/mol. The van der Waals surface area contributed by atoms with Crippen molar-refractivity contribution >= 4 is 52.1 Å². The molecule has 324 valence electrons. The molecule has 0 spiro atoms. The fourth-order valence-electron chi connectivity index (χ4n) is 6.78. The van der Waals surface area contributed by atoms with E-state index in [1.54, 1.807) is 0 Å². The summed E-state index contributed by atoms with van der Waals surface area (Å²) in [5.41, 5.74) is 3.24. The molecule has 2 aromatic heterocycles. The third-order valence-corrected chi connectivity index (χ3v) is 19.8. The van der Waals surface area contributed by atoms with Gasteiger partial charge in [-0.05, 0) is 95.0 Å². The lowest BCUT2D eigenvalue weighted by molar-refractivity contribution is 0.00691. The number of nitrogens with zero attached hydrogens (tertiary/aromatic N) is 3. The number of rotatable bonds is 14. The first kappa shape index (κ1) is 46.1. The second-order valence-electron chi connectivity index (χ2n) is 20.5. The van der Waals surface area contributed by atoms with Gasteiger partial charge >= 0.3 is 13.6 Å². The zero-order chi connectivity index (χ0) is 43.3. The van der Waals surface area contributed by atoms with Crippen LogP contribution in [0.25, 0.3) is 33.5 Å². The topological polar surface area (TPSA) is 112 Å². The molecular formula is C44H65ClN3O8PSi2. The Labute approximate surface area is 358 Å². The molecule has 0 unspecified atom stereocenters. The molecule has 0 amide bonds. The molecule has 15 heteroatoms. The first-order valence-electron chi connectivity index (χ1n) is 20.7. The Morgan fingerprint density at radius 3 is 1.85 bits per heavy atom. The van der Waals surface area contributed by atoms with Crippen LogP contribution in [0.2, 0.25) is 48.8 Å². The fourth-order valence-corrected chi connectivity index (χ4v) is 11.3. The predicted octanol–water partition coefficient (Wildman–Crippen LogP) is 11.1. The Morgan fingerprint density at radius 2 is 1.31 bits per heavy atom. The Balaban J connectivity index is 1.24. The summed E-state index contributed by atoms with van der Waals surface area (Å²) in [4.78, 5) is 9.89. The molecule has 0 saturated carbocycles. The van der Waals surface area contributed by atoms with Crippen LogP contribution in [-0.2, 0) is 39.0 Å². The quantitative estimate of drug-likeness (QED) is 0.0689. The van der Waals surface area contributed by atoms with Gasteiger partial charge in [0, 0.05) is 20.2 Å². The summed E-state index contributed by atoms with van der Waals surface area (Å²) in [6.07, 6.45) is -1.03. The summed E-state index contributed by atoms with van der Waals surface area (Å²) in [5, 5.41) is 1.05. The molecule has 2 aromatic carbocycles. The normalized spacial score (nSPS) is 20.7. The third-order valence-electron chi connectivity index (χ3n) is 10.8. The first-order chi connectivity index (χ1) is 27.2. The van der Waals surface area contributed by atoms with Crippen LogP contribution in [0.3, 0.4) is 0 Å². The van der Waals surface area contributed by atoms with Crippen LogP contribution in [0, 0.1) is 0 Å². The Morgan fingerprint density at radius 1 is 0.780 bits per heavy atom. The lowest BCUT2D eigenvalue weighted by Crippen LogP contribution is -2.47. The molecule has 0 aliphatic carbocycles. The van der Waals surface area contributed by atoms with Gasteiger partial charge < -0.3 is 23.4 Å². The number of halogens is 1. The molecule has 2 aliphatic heterocycles. The van der Waals surface area contributed by atoms with Crippen LogP contribution in [0.15, 0.2) is 54.6 Å². The zero-order valence-corrected chi connectivity index (χ0v) is 41.1. The average molecular weight is 887 g/mol. The number of hydrogen-bond acceptors (Lipinski definition) is 10. The van der Waals surface area contributed by atoms with E-state index in [0.717, 1.165) is 22.7 Å². The zero-order valence-electron chi connectivity index (χ0n) is 37.5. The summed E-state index contributed by atoms with van der Waals surface area (Å²) in [7, 11) is -6.96. The lowest BCUT2D eigenvalue weighted by Gasteiger charge is -2.39. The smallest absolute Gasteiger partial charge is 0.362 e. The van der Waals surface area contributed by atoms with Gasteiger partial charge in [-0.15, -0.1) is 0 Å². The number of benzene rings is 2. The van der Waals surface area contributed by atoms with Crippen molar-refractivity contribution in [3.63, 3.8) is 0 Å². The molecule has 2 fully saturated rings. The van der Waals surface area contributed by atoms with Crippen molar-refractivity contribution in [2.24, 2.45) is 0 Å². The van der Waals surface area contributed by atoms with Crippen LogP contribution < -0.4 is 10.0 Å². The standard InChI is InChI=1S/C44H65ClN3O8PSi2/c1-42(2,3)55-57(49,56-43(4,5)6)32-21-19-30(20-22-32)29-15-17-31(18-16-29)37-33(45)25-34-40(46-37)47-41(48(34)28-50-23-24-58(10,11)12)53-35-26-51-39-36(27-52-38(35)39)54-59(13,14)44(7,8)9/h15-22,25,35-36,38-39H,23-24,26-28H2,1-14H3/t35-,36-,38-,39-/m1/s1. The van der Waals surface area contributed by atoms with Crippen molar-refractivity contribution < 1.29 is 37.0 Å². The molecular weight excluding hydrogens is 821 g/mol. The molecule has 0 N–H and O–H groups in total. The minimum absolute atomic E-state index is 0.0693. The van der Waals surface area contributed by atoms with Gasteiger partial charge in [0.2, 0.25) is 0 Å². The van der Waals surface area contributed by atoms with Crippen molar-refractivity contribution in [1.29, 1.82) is 0 Å². The Bertz CT molecular complexity index is 2120. The van der Waals surface area contributed by atoms with Crippen molar-refractivity contribution in [1.82, 2.24) is 14.5 Å². The van der Waals surface area contributed by atoms with E-state index in [0.29, 0.717) is 53.0 Å². The molecule has 2 saturated heterocycles. The molecule has 2 aliphatic rings. The van der Waals surface area contributed by atoms with Crippen LogP contribution in [-0.4, -0.2) is 86.4 Å². The van der Waals surface area contributed by atoms with E-state index in [4.69, 9.17) is 54.0 Å². The van der Waals surface area contributed by atoms with E-state index in [1.807, 2.05) is 101 Å². The first-order valence-corrected chi connectivity index (χ1v) is 29.2. The van der Waals surface area contributed by atoms with Gasteiger partial charge in [-0.2, -0.15) is 4.98 Å². The SMILES string of the molecule is CC(C)(C)OP(=O)(OC(C)(C)C)c1ccc(-c2ccc(-c3nc4nc(O[C@@H]5CO[C@H]6[C@@H]5OC[C@H]6O[Si](C)(C)C(C)(C)C)n(COCC[Si](C)(C)C)c4cc3Cl)cc2)cc1. The van der Waals surface area contributed by atoms with E-state index in [2.05, 4.69) is 53.5 Å². The average Bonchev–Trinajstić information content (AvgIpc) is 3.78. The fraction of sp³-hybridized carbons (Fsp3) is 0.591. The van der Waals surface area contributed by atoms with Crippen LogP contribution in [0.5, 0.6) is 6.01 Å². The van der Waals surface area contributed by atoms with Crippen molar-refractivity contribution in [2.75, 3.05) is 19.8 Å². The summed E-state index contributed by atoms with van der Waals surface area (Å²) in [5.74, 6) is 0. The number of aromatic nitrogens is 3. The van der Waals surface area contributed by atoms with Gasteiger partial charge in [0.1, 0.15) is 18.9 Å². The van der Waals surface area contributed by atoms with Gasteiger partial charge in [-0.25, -0.2) is 4.98 Å².